The van der Waals surface area contributed by atoms with Crippen LogP contribution in [0.4, 0.5) is 10.5 Å². The summed E-state index contributed by atoms with van der Waals surface area (Å²) in [5, 5.41) is 14.2. The number of hydrogen-bond acceptors (Lipinski definition) is 5. The Balaban J connectivity index is 2.32. The van der Waals surface area contributed by atoms with Crippen molar-refractivity contribution in [2.45, 2.75) is 26.5 Å². The third-order valence-electron chi connectivity index (χ3n) is 4.14. The molecule has 0 fully saturated rings. The first-order valence-electron chi connectivity index (χ1n) is 8.61. The summed E-state index contributed by atoms with van der Waals surface area (Å²) in [6, 6.07) is 10.8. The molecule has 1 N–H and O–H groups in total. The number of aryl methyl sites for hydroxylation is 1. The molecule has 0 aliphatic rings. The van der Waals surface area contributed by atoms with Crippen molar-refractivity contribution in [3.05, 3.63) is 75.7 Å². The van der Waals surface area contributed by atoms with Gasteiger partial charge in [0.2, 0.25) is 0 Å². The first-order valence-corrected chi connectivity index (χ1v) is 8.61. The lowest BCUT2D eigenvalue weighted by Gasteiger charge is -2.19. The molecule has 1 amide bonds. The van der Waals surface area contributed by atoms with Gasteiger partial charge in [0.05, 0.1) is 19.3 Å². The van der Waals surface area contributed by atoms with Crippen LogP contribution in [0.2, 0.25) is 0 Å². The number of rotatable bonds is 8. The smallest absolute Gasteiger partial charge is 0.438 e. The van der Waals surface area contributed by atoms with E-state index in [0.29, 0.717) is 16.4 Å². The summed E-state index contributed by atoms with van der Waals surface area (Å²) in [6.07, 6.45) is 1.52. The number of hydroxylamine groups is 1. The van der Waals surface area contributed by atoms with E-state index in [0.717, 1.165) is 23.1 Å². The molecule has 146 valence electrons. The lowest BCUT2D eigenvalue weighted by molar-refractivity contribution is 0.140. The Labute approximate surface area is 163 Å². The fraction of sp³-hybridized carbons (Fsp3) is 0.250. The zero-order valence-corrected chi connectivity index (χ0v) is 15.8. The van der Waals surface area contributed by atoms with E-state index in [1.54, 1.807) is 24.3 Å². The van der Waals surface area contributed by atoms with E-state index < -0.39 is 6.09 Å². The summed E-state index contributed by atoms with van der Waals surface area (Å²) in [5.74, 6) is 0.561. The average Bonchev–Trinajstić information content (AvgIpc) is 2.75. The highest BCUT2D eigenvalue weighted by molar-refractivity contribution is 5.86. The van der Waals surface area contributed by atoms with E-state index in [2.05, 4.69) is 21.3 Å². The number of carbonyl (C=O) groups excluding carboxylic acids is 1. The molecule has 2 aromatic carbocycles. The minimum atomic E-state index is -0.918. The summed E-state index contributed by atoms with van der Waals surface area (Å²) in [4.78, 5) is 14.5. The molecule has 0 unspecified atom stereocenters. The van der Waals surface area contributed by atoms with Crippen LogP contribution in [0.5, 0.6) is 5.75 Å². The molecule has 0 aliphatic carbocycles. The summed E-state index contributed by atoms with van der Waals surface area (Å²) in [7, 11) is 1.18. The van der Waals surface area contributed by atoms with Gasteiger partial charge >= 0.3 is 6.09 Å². The number of benzene rings is 2. The molecule has 2 rings (SSSR count). The summed E-state index contributed by atoms with van der Waals surface area (Å²) < 4.78 is 10.5. The fourth-order valence-corrected chi connectivity index (χ4v) is 2.59. The van der Waals surface area contributed by atoms with Crippen LogP contribution in [0.1, 0.15) is 29.2 Å². The average molecular weight is 382 g/mol. The Bertz CT molecular complexity index is 907. The van der Waals surface area contributed by atoms with E-state index in [4.69, 9.17) is 10.3 Å². The van der Waals surface area contributed by atoms with Crippen molar-refractivity contribution in [1.82, 2.24) is 0 Å². The summed E-state index contributed by atoms with van der Waals surface area (Å²) >= 11 is 0. The van der Waals surface area contributed by atoms with Gasteiger partial charge in [0, 0.05) is 16.0 Å². The van der Waals surface area contributed by atoms with Gasteiger partial charge in [0.15, 0.2) is 0 Å². The van der Waals surface area contributed by atoms with E-state index in [1.165, 1.54) is 7.11 Å². The van der Waals surface area contributed by atoms with Gasteiger partial charge in [-0.2, -0.15) is 5.06 Å². The Hall–Kier alpha value is -3.48. The molecule has 28 heavy (non-hydrogen) atoms. The highest BCUT2D eigenvalue weighted by atomic mass is 16.6. The number of amides is 1. The van der Waals surface area contributed by atoms with Crippen LogP contribution < -0.4 is 9.80 Å². The highest BCUT2D eigenvalue weighted by Crippen LogP contribution is 2.27. The maximum absolute atomic E-state index is 11.7. The molecule has 8 heteroatoms. The third kappa shape index (κ3) is 5.03. The number of anilines is 1. The zero-order chi connectivity index (χ0) is 20.5. The second kappa shape index (κ2) is 10.0. The number of methoxy groups -OCH3 is 1. The monoisotopic (exact) mass is 382 g/mol. The lowest BCUT2D eigenvalue weighted by atomic mass is 10.1. The summed E-state index contributed by atoms with van der Waals surface area (Å²) in [5.41, 5.74) is 12.0. The highest BCUT2D eigenvalue weighted by Gasteiger charge is 2.18. The second-order valence-electron chi connectivity index (χ2n) is 5.85. The van der Waals surface area contributed by atoms with E-state index in [-0.39, 0.29) is 18.8 Å². The van der Waals surface area contributed by atoms with Crippen LogP contribution >= 0.6 is 0 Å². The van der Waals surface area contributed by atoms with Crippen LogP contribution in [0.15, 0.2) is 48.1 Å². The first-order chi connectivity index (χ1) is 13.5. The Morgan fingerprint density at radius 2 is 2.11 bits per heavy atom. The molecule has 0 heterocycles. The van der Waals surface area contributed by atoms with E-state index in [1.807, 2.05) is 25.1 Å². The minimum Gasteiger partial charge on any atom is -0.489 e. The van der Waals surface area contributed by atoms with Crippen molar-refractivity contribution >= 4 is 17.9 Å². The number of carbonyl (C=O) groups is 1. The van der Waals surface area contributed by atoms with Crippen LogP contribution in [0.3, 0.4) is 0 Å². The molecule has 0 spiro atoms. The molecule has 0 aliphatic heterocycles. The Morgan fingerprint density at radius 1 is 1.32 bits per heavy atom. The Morgan fingerprint density at radius 3 is 2.75 bits per heavy atom. The van der Waals surface area contributed by atoms with Gasteiger partial charge in [-0.3, -0.25) is 5.21 Å². The van der Waals surface area contributed by atoms with E-state index >= 15 is 0 Å². The molecule has 0 saturated carbocycles. The normalized spacial score (nSPS) is 9.96. The number of hydrogen-bond donors (Lipinski definition) is 1. The Kier molecular flexibility index (Phi) is 7.45. The van der Waals surface area contributed by atoms with E-state index in [9.17, 15) is 10.0 Å². The first kappa shape index (κ1) is 20.8. The molecule has 0 radical (unpaired) electrons. The van der Waals surface area contributed by atoms with Gasteiger partial charge < -0.3 is 9.47 Å². The predicted octanol–water partition coefficient (Wildman–Crippen LogP) is 5.24. The van der Waals surface area contributed by atoms with Crippen molar-refractivity contribution < 1.29 is 19.5 Å². The van der Waals surface area contributed by atoms with Gasteiger partial charge in [-0.05, 0) is 35.2 Å². The van der Waals surface area contributed by atoms with Crippen LogP contribution in [-0.2, 0) is 24.3 Å². The van der Waals surface area contributed by atoms with Crippen molar-refractivity contribution in [3.8, 4) is 5.75 Å². The largest absolute Gasteiger partial charge is 0.489 e. The number of azide groups is 1. The minimum absolute atomic E-state index is 0.0789. The lowest BCUT2D eigenvalue weighted by Crippen LogP contribution is -2.28. The van der Waals surface area contributed by atoms with Crippen molar-refractivity contribution in [3.63, 3.8) is 0 Å². The third-order valence-corrected chi connectivity index (χ3v) is 4.14. The molecule has 0 aromatic heterocycles. The molecular weight excluding hydrogens is 360 g/mol. The molecule has 2 aromatic rings. The van der Waals surface area contributed by atoms with Gasteiger partial charge in [-0.1, -0.05) is 49.0 Å². The van der Waals surface area contributed by atoms with Gasteiger partial charge in [0.25, 0.3) is 0 Å². The molecule has 0 saturated heterocycles. The van der Waals surface area contributed by atoms with Crippen LogP contribution in [-0.4, -0.2) is 18.4 Å². The van der Waals surface area contributed by atoms with Crippen LogP contribution in [0.25, 0.3) is 16.5 Å². The van der Waals surface area contributed by atoms with Crippen molar-refractivity contribution in [2.24, 2.45) is 5.11 Å². The summed E-state index contributed by atoms with van der Waals surface area (Å²) in [6.45, 7) is 5.96. The molecule has 0 atom stereocenters. The maximum Gasteiger partial charge on any atom is 0.438 e. The topological polar surface area (TPSA) is 108 Å². The van der Waals surface area contributed by atoms with Crippen LogP contribution in [0, 0.1) is 0 Å². The SMILES string of the molecule is C=Cc1ccc(COc2ccc(CC)cc2CN=[N+]=[N-])c(N(O)C(=O)OC)c1. The predicted molar refractivity (Wildman–Crippen MR) is 106 cm³/mol. The van der Waals surface area contributed by atoms with Crippen molar-refractivity contribution in [2.75, 3.05) is 12.2 Å². The molecule has 0 bridgehead atoms. The zero-order valence-electron chi connectivity index (χ0n) is 15.8. The molecule has 8 nitrogen and oxygen atoms in total. The van der Waals surface area contributed by atoms with Crippen molar-refractivity contribution in [1.29, 1.82) is 0 Å². The fourth-order valence-electron chi connectivity index (χ4n) is 2.59. The van der Waals surface area contributed by atoms with Gasteiger partial charge in [-0.15, -0.1) is 0 Å². The quantitative estimate of drug-likeness (QED) is 0.221. The molecular formula is C20H22N4O4. The number of ether oxygens (including phenoxy) is 2. The standard InChI is InChI=1S/C20H22N4O4/c1-4-14-7-9-19(17(10-14)12-22-23-21)28-13-16-8-6-15(5-2)11-18(16)24(26)20(25)27-3/h5-11,26H,2,4,12-13H2,1,3H3. The maximum atomic E-state index is 11.7. The van der Waals surface area contributed by atoms with Gasteiger partial charge in [-0.25, -0.2) is 4.79 Å². The van der Waals surface area contributed by atoms with Gasteiger partial charge in [0.1, 0.15) is 12.4 Å². The number of nitrogens with zero attached hydrogens (tertiary/aromatic N) is 4. The second-order valence-corrected chi connectivity index (χ2v) is 5.85.